The van der Waals surface area contributed by atoms with Gasteiger partial charge in [0.2, 0.25) is 0 Å². The summed E-state index contributed by atoms with van der Waals surface area (Å²) in [5.74, 6) is -16.3. The Morgan fingerprint density at radius 2 is 0.562 bits per heavy atom. The van der Waals surface area contributed by atoms with Crippen LogP contribution in [-0.4, -0.2) is 54.9 Å². The molecule has 0 amide bonds. The number of ether oxygens (including phenoxy) is 3. The van der Waals surface area contributed by atoms with Crippen molar-refractivity contribution in [3.8, 4) is 0 Å². The molecule has 2 unspecified atom stereocenters. The van der Waals surface area contributed by atoms with Crippen LogP contribution in [0.1, 0.15) is 0 Å². The number of rotatable bonds is 7. The Kier molecular flexibility index (Phi) is 7.40. The minimum absolute atomic E-state index is 1.11. The molecule has 32 heavy (non-hydrogen) atoms. The van der Waals surface area contributed by atoms with Crippen molar-refractivity contribution < 1.29 is 102 Å². The highest BCUT2D eigenvalue weighted by Gasteiger charge is 2.86. The summed E-state index contributed by atoms with van der Waals surface area (Å²) in [4.78, 5) is 0. The molecular weight excluding hydrogens is 536 g/mol. The predicted molar refractivity (Wildman–Crippen MR) is 50.0 cm³/mol. The van der Waals surface area contributed by atoms with Gasteiger partial charge in [-0.05, 0) is 0 Å². The largest absolute Gasteiger partial charge is 0.525 e. The molecule has 23 heteroatoms. The van der Waals surface area contributed by atoms with E-state index in [2.05, 4.69) is 0 Å². The van der Waals surface area contributed by atoms with Crippen molar-refractivity contribution in [1.29, 1.82) is 0 Å². The van der Waals surface area contributed by atoms with Crippen LogP contribution >= 0.6 is 0 Å². The standard InChI is InChI=1S/C9F20O3/c10-1(3(12,13)14,7(23,24)32-8(25,26)5(18,19)20)30-6(21,22)2(11,4(15,16)17)31-9(27,28)29. The van der Waals surface area contributed by atoms with Crippen LogP contribution in [0.2, 0.25) is 0 Å². The lowest BCUT2D eigenvalue weighted by atomic mass is 10.2. The molecule has 0 radical (unpaired) electrons. The van der Waals surface area contributed by atoms with Crippen LogP contribution in [0.4, 0.5) is 87.8 Å². The van der Waals surface area contributed by atoms with Gasteiger partial charge in [-0.2, -0.15) is 74.6 Å². The fourth-order valence-corrected chi connectivity index (χ4v) is 1.25. The van der Waals surface area contributed by atoms with Crippen molar-refractivity contribution in [1.82, 2.24) is 0 Å². The first-order valence-corrected chi connectivity index (χ1v) is 6.25. The van der Waals surface area contributed by atoms with Gasteiger partial charge >= 0.3 is 54.9 Å². The van der Waals surface area contributed by atoms with Crippen LogP contribution in [0.25, 0.3) is 0 Å². The lowest BCUT2D eigenvalue weighted by Crippen LogP contribution is -2.68. The third-order valence-corrected chi connectivity index (χ3v) is 2.59. The summed E-state index contributed by atoms with van der Waals surface area (Å²) < 4.78 is 253. The Labute approximate surface area is 158 Å². The maximum absolute atomic E-state index is 13.6. The van der Waals surface area contributed by atoms with Gasteiger partial charge in [-0.3, -0.25) is 4.74 Å². The van der Waals surface area contributed by atoms with E-state index in [0.29, 0.717) is 0 Å². The molecule has 0 bridgehead atoms. The number of alkyl halides is 20. The van der Waals surface area contributed by atoms with Crippen LogP contribution in [0, 0.1) is 0 Å². The van der Waals surface area contributed by atoms with Crippen molar-refractivity contribution in [3.05, 3.63) is 0 Å². The van der Waals surface area contributed by atoms with Gasteiger partial charge in [-0.25, -0.2) is 9.47 Å². The summed E-state index contributed by atoms with van der Waals surface area (Å²) in [6.45, 7) is 0. The van der Waals surface area contributed by atoms with E-state index in [1.54, 1.807) is 0 Å². The summed E-state index contributed by atoms with van der Waals surface area (Å²) in [5.41, 5.74) is 0. The fraction of sp³-hybridized carbons (Fsp3) is 1.00. The van der Waals surface area contributed by atoms with Gasteiger partial charge in [0.05, 0.1) is 0 Å². The van der Waals surface area contributed by atoms with E-state index in [4.69, 9.17) is 0 Å². The summed E-state index contributed by atoms with van der Waals surface area (Å²) in [5, 5.41) is 0. The van der Waals surface area contributed by atoms with Gasteiger partial charge in [0.15, 0.2) is 0 Å². The third kappa shape index (κ3) is 5.69. The lowest BCUT2D eigenvalue weighted by molar-refractivity contribution is -0.581. The van der Waals surface area contributed by atoms with Crippen LogP contribution in [0.3, 0.4) is 0 Å². The Balaban J connectivity index is 6.72. The van der Waals surface area contributed by atoms with E-state index < -0.39 is 54.9 Å². The average molecular weight is 536 g/mol. The van der Waals surface area contributed by atoms with Gasteiger partial charge in [0, 0.05) is 0 Å². The zero-order valence-electron chi connectivity index (χ0n) is 13.3. The highest BCUT2D eigenvalue weighted by atomic mass is 19.4. The molecule has 2 atom stereocenters. The van der Waals surface area contributed by atoms with Crippen molar-refractivity contribution >= 4 is 0 Å². The molecule has 0 saturated carbocycles. The van der Waals surface area contributed by atoms with Crippen LogP contribution in [0.15, 0.2) is 0 Å². The normalized spacial score (nSPS) is 19.5. The molecule has 0 aromatic rings. The monoisotopic (exact) mass is 536 g/mol. The second-order valence-electron chi connectivity index (χ2n) is 4.99. The average Bonchev–Trinajstić information content (AvgIpc) is 2.39. The van der Waals surface area contributed by atoms with Crippen molar-refractivity contribution in [2.45, 2.75) is 54.9 Å². The van der Waals surface area contributed by atoms with Crippen LogP contribution in [0.5, 0.6) is 0 Å². The minimum Gasteiger partial charge on any atom is -0.263 e. The number of hydrogen-bond acceptors (Lipinski definition) is 3. The first-order valence-electron chi connectivity index (χ1n) is 6.25. The Morgan fingerprint density at radius 1 is 0.281 bits per heavy atom. The molecule has 0 aliphatic rings. The van der Waals surface area contributed by atoms with Crippen LogP contribution < -0.4 is 0 Å². The van der Waals surface area contributed by atoms with Crippen molar-refractivity contribution in [2.24, 2.45) is 0 Å². The first kappa shape index (κ1) is 30.5. The molecule has 0 fully saturated rings. The number of halogens is 20. The molecule has 3 nitrogen and oxygen atoms in total. The molecule has 0 aliphatic carbocycles. The summed E-state index contributed by atoms with van der Waals surface area (Å²) in [6.07, 6.45) is -54.6. The molecule has 0 heterocycles. The Morgan fingerprint density at radius 3 is 0.812 bits per heavy atom. The second-order valence-corrected chi connectivity index (χ2v) is 4.99. The van der Waals surface area contributed by atoms with E-state index in [-0.39, 0.29) is 0 Å². The third-order valence-electron chi connectivity index (χ3n) is 2.59. The summed E-state index contributed by atoms with van der Waals surface area (Å²) in [6, 6.07) is 0. The molecule has 0 rings (SSSR count). The molecule has 0 saturated heterocycles. The molecule has 0 aliphatic heterocycles. The Bertz CT molecular complexity index is 655. The van der Waals surface area contributed by atoms with Crippen LogP contribution in [-0.2, 0) is 14.2 Å². The maximum atomic E-state index is 13.6. The number of hydrogen-bond donors (Lipinski definition) is 0. The molecule has 0 spiro atoms. The van der Waals surface area contributed by atoms with Gasteiger partial charge in [-0.1, -0.05) is 0 Å². The highest BCUT2D eigenvalue weighted by Crippen LogP contribution is 2.57. The molecule has 0 N–H and O–H groups in total. The smallest absolute Gasteiger partial charge is 0.263 e. The zero-order chi connectivity index (χ0) is 26.6. The topological polar surface area (TPSA) is 27.7 Å². The molecule has 194 valence electrons. The quantitative estimate of drug-likeness (QED) is 0.355. The first-order chi connectivity index (χ1) is 13.4. The van der Waals surface area contributed by atoms with E-state index in [1.165, 1.54) is 4.74 Å². The van der Waals surface area contributed by atoms with E-state index in [9.17, 15) is 87.8 Å². The van der Waals surface area contributed by atoms with Gasteiger partial charge in [0.1, 0.15) is 0 Å². The summed E-state index contributed by atoms with van der Waals surface area (Å²) in [7, 11) is 0. The minimum atomic E-state index is -8.28. The molecule has 0 aromatic heterocycles. The van der Waals surface area contributed by atoms with E-state index in [0.717, 1.165) is 9.47 Å². The van der Waals surface area contributed by atoms with Crippen molar-refractivity contribution in [2.75, 3.05) is 0 Å². The zero-order valence-corrected chi connectivity index (χ0v) is 13.3. The molecular formula is C9F20O3. The summed E-state index contributed by atoms with van der Waals surface area (Å²) >= 11 is 0. The predicted octanol–water partition coefficient (Wildman–Crippen LogP) is 6.35. The maximum Gasteiger partial charge on any atom is 0.525 e. The fourth-order valence-electron chi connectivity index (χ4n) is 1.25. The van der Waals surface area contributed by atoms with E-state index in [1.807, 2.05) is 0 Å². The Hall–Kier alpha value is -1.52. The molecule has 0 aromatic carbocycles. The van der Waals surface area contributed by atoms with Gasteiger partial charge < -0.3 is 0 Å². The second kappa shape index (κ2) is 7.77. The van der Waals surface area contributed by atoms with E-state index >= 15 is 0 Å². The SMILES string of the molecule is FC(F)(F)OC(F)(C(F)(F)F)C(F)(F)OC(F)(C(F)(F)F)C(F)(F)OC(F)(F)C(F)(F)F. The van der Waals surface area contributed by atoms with Gasteiger partial charge in [-0.15, -0.1) is 13.2 Å². The van der Waals surface area contributed by atoms with Gasteiger partial charge in [0.25, 0.3) is 0 Å². The highest BCUT2D eigenvalue weighted by molar-refractivity contribution is 4.94. The lowest BCUT2D eigenvalue weighted by Gasteiger charge is -2.40. The van der Waals surface area contributed by atoms with Crippen molar-refractivity contribution in [3.63, 3.8) is 0 Å².